The molecule has 0 aliphatic carbocycles. The number of aliphatic imine (C=N–C) groups is 1. The quantitative estimate of drug-likeness (QED) is 0.446. The first kappa shape index (κ1) is 21.6. The van der Waals surface area contributed by atoms with Gasteiger partial charge in [-0.1, -0.05) is 23.2 Å². The van der Waals surface area contributed by atoms with Crippen molar-refractivity contribution in [1.29, 1.82) is 10.5 Å². The van der Waals surface area contributed by atoms with E-state index in [1.54, 1.807) is 11.2 Å². The molecular weight excluding hydrogens is 417 g/mol. The van der Waals surface area contributed by atoms with Gasteiger partial charge < -0.3 is 10.6 Å². The predicted octanol–water partition coefficient (Wildman–Crippen LogP) is 3.97. The number of carbonyl (C=O) groups excluding carboxylic acids is 2. The van der Waals surface area contributed by atoms with Gasteiger partial charge in [0.2, 0.25) is 0 Å². The Hall–Kier alpha value is -2.43. The molecule has 0 saturated heterocycles. The average Bonchev–Trinajstić information content (AvgIpc) is 3.08. The Labute approximate surface area is 167 Å². The van der Waals surface area contributed by atoms with Gasteiger partial charge in [-0.05, 0) is 0 Å². The molecule has 0 aliphatic rings. The molecule has 11 heteroatoms. The normalized spacial score (nSPS) is 9.77. The lowest BCUT2D eigenvalue weighted by atomic mass is 10.3. The SMILES string of the molecule is CN(C)C=Nc1sc(C=O)c(Cl)c1C#N.N#Cc1c(N)sc(C=O)c1Cl. The smallest absolute Gasteiger partial charge is 0.161 e. The Morgan fingerprint density at radius 2 is 1.54 bits per heavy atom. The Bertz CT molecular complexity index is 935. The van der Waals surface area contributed by atoms with Crippen LogP contribution in [0.3, 0.4) is 0 Å². The zero-order valence-corrected chi connectivity index (χ0v) is 16.6. The highest BCUT2D eigenvalue weighted by Crippen LogP contribution is 2.37. The number of nitriles is 2. The van der Waals surface area contributed by atoms with Gasteiger partial charge in [0.05, 0.1) is 26.1 Å². The number of aldehydes is 2. The third kappa shape index (κ3) is 5.04. The van der Waals surface area contributed by atoms with Crippen LogP contribution in [0.2, 0.25) is 10.0 Å². The standard InChI is InChI=1S/C9H8ClN3OS.C6H3ClN2OS/c1-13(2)5-12-9-6(3-11)8(10)7(4-14)15-9;7-5-3(1-8)6(9)11-4(5)2-10/h4-5H,1-2H3;2H,9H2. The van der Waals surface area contributed by atoms with E-state index in [1.165, 1.54) is 0 Å². The topological polar surface area (TPSA) is 123 Å². The zero-order valence-electron chi connectivity index (χ0n) is 13.5. The van der Waals surface area contributed by atoms with Gasteiger partial charge >= 0.3 is 0 Å². The number of carbonyl (C=O) groups is 2. The van der Waals surface area contributed by atoms with E-state index in [0.29, 0.717) is 32.3 Å². The first-order valence-corrected chi connectivity index (χ1v) is 9.00. The van der Waals surface area contributed by atoms with E-state index < -0.39 is 0 Å². The van der Waals surface area contributed by atoms with Crippen LogP contribution >= 0.6 is 45.9 Å². The van der Waals surface area contributed by atoms with Gasteiger partial charge in [0.1, 0.15) is 33.3 Å². The van der Waals surface area contributed by atoms with Crippen molar-refractivity contribution < 1.29 is 9.59 Å². The minimum atomic E-state index is 0.157. The Kier molecular flexibility index (Phi) is 8.23. The van der Waals surface area contributed by atoms with Crippen LogP contribution in [0.1, 0.15) is 30.5 Å². The molecule has 0 fully saturated rings. The molecule has 2 N–H and O–H groups in total. The number of nitrogens with two attached hydrogens (primary N) is 1. The van der Waals surface area contributed by atoms with E-state index in [-0.39, 0.29) is 21.2 Å². The van der Waals surface area contributed by atoms with Gasteiger partial charge in [0.25, 0.3) is 0 Å². The summed E-state index contributed by atoms with van der Waals surface area (Å²) in [5, 5.41) is 18.4. The van der Waals surface area contributed by atoms with Crippen molar-refractivity contribution in [2.75, 3.05) is 19.8 Å². The van der Waals surface area contributed by atoms with E-state index in [0.717, 1.165) is 22.7 Å². The second kappa shape index (κ2) is 9.90. The fourth-order valence-electron chi connectivity index (χ4n) is 1.47. The molecule has 2 aromatic rings. The van der Waals surface area contributed by atoms with Crippen molar-refractivity contribution in [2.45, 2.75) is 0 Å². The third-order valence-corrected chi connectivity index (χ3v) is 5.58. The predicted molar refractivity (Wildman–Crippen MR) is 105 cm³/mol. The first-order chi connectivity index (χ1) is 12.3. The van der Waals surface area contributed by atoms with Crippen LogP contribution in [-0.2, 0) is 0 Å². The van der Waals surface area contributed by atoms with E-state index in [1.807, 2.05) is 26.2 Å². The molecule has 26 heavy (non-hydrogen) atoms. The molecule has 0 aliphatic heterocycles. The van der Waals surface area contributed by atoms with Crippen LogP contribution in [0.15, 0.2) is 4.99 Å². The lowest BCUT2D eigenvalue weighted by Gasteiger charge is -2.00. The monoisotopic (exact) mass is 427 g/mol. The van der Waals surface area contributed by atoms with Crippen LogP contribution in [0, 0.1) is 22.7 Å². The van der Waals surface area contributed by atoms with Crippen LogP contribution < -0.4 is 5.73 Å². The van der Waals surface area contributed by atoms with Crippen molar-refractivity contribution in [1.82, 2.24) is 4.90 Å². The summed E-state index contributed by atoms with van der Waals surface area (Å²) in [6, 6.07) is 3.74. The van der Waals surface area contributed by atoms with E-state index in [9.17, 15) is 9.59 Å². The number of hydrogen-bond donors (Lipinski definition) is 1. The molecule has 0 saturated carbocycles. The number of rotatable bonds is 4. The Morgan fingerprint density at radius 3 is 1.92 bits per heavy atom. The van der Waals surface area contributed by atoms with Gasteiger partial charge in [0, 0.05) is 14.1 Å². The van der Waals surface area contributed by atoms with Gasteiger partial charge in [0.15, 0.2) is 12.6 Å². The van der Waals surface area contributed by atoms with Gasteiger partial charge in [-0.2, -0.15) is 10.5 Å². The maximum Gasteiger partial charge on any atom is 0.161 e. The molecule has 2 aromatic heterocycles. The fraction of sp³-hybridized carbons (Fsp3) is 0.133. The summed E-state index contributed by atoms with van der Waals surface area (Å²) in [4.78, 5) is 27.3. The maximum atomic E-state index is 10.6. The highest BCUT2D eigenvalue weighted by Gasteiger charge is 2.15. The summed E-state index contributed by atoms with van der Waals surface area (Å²) >= 11 is 13.5. The fourth-order valence-corrected chi connectivity index (χ4v) is 3.71. The summed E-state index contributed by atoms with van der Waals surface area (Å²) in [7, 11) is 3.62. The highest BCUT2D eigenvalue weighted by atomic mass is 35.5. The number of nitrogen functional groups attached to an aromatic ring is 1. The highest BCUT2D eigenvalue weighted by molar-refractivity contribution is 7.18. The first-order valence-electron chi connectivity index (χ1n) is 6.61. The van der Waals surface area contributed by atoms with Crippen molar-refractivity contribution in [3.05, 3.63) is 30.9 Å². The van der Waals surface area contributed by atoms with Gasteiger partial charge in [-0.3, -0.25) is 9.59 Å². The molecule has 2 rings (SSSR count). The van der Waals surface area contributed by atoms with Crippen LogP contribution in [0.5, 0.6) is 0 Å². The molecule has 7 nitrogen and oxygen atoms in total. The lowest BCUT2D eigenvalue weighted by Crippen LogP contribution is -2.06. The summed E-state index contributed by atoms with van der Waals surface area (Å²) in [6.45, 7) is 0. The molecule has 0 aromatic carbocycles. The molecule has 0 radical (unpaired) electrons. The van der Waals surface area contributed by atoms with E-state index in [2.05, 4.69) is 4.99 Å². The van der Waals surface area contributed by atoms with Crippen LogP contribution in [-0.4, -0.2) is 37.9 Å². The van der Waals surface area contributed by atoms with Crippen molar-refractivity contribution >= 4 is 74.8 Å². The number of thiophene rings is 2. The van der Waals surface area contributed by atoms with Crippen molar-refractivity contribution in [3.8, 4) is 12.1 Å². The number of anilines is 1. The molecule has 0 unspecified atom stereocenters. The summed E-state index contributed by atoms with van der Waals surface area (Å²) in [6.07, 6.45) is 2.77. The molecule has 0 spiro atoms. The maximum absolute atomic E-state index is 10.6. The van der Waals surface area contributed by atoms with Gasteiger partial charge in [-0.15, -0.1) is 22.7 Å². The third-order valence-electron chi connectivity index (χ3n) is 2.60. The van der Waals surface area contributed by atoms with Crippen LogP contribution in [0.4, 0.5) is 10.0 Å². The summed E-state index contributed by atoms with van der Waals surface area (Å²) in [5.41, 5.74) is 5.83. The molecule has 0 atom stereocenters. The second-order valence-electron chi connectivity index (χ2n) is 4.65. The zero-order chi connectivity index (χ0) is 19.9. The van der Waals surface area contributed by atoms with Crippen LogP contribution in [0.25, 0.3) is 0 Å². The largest absolute Gasteiger partial charge is 0.389 e. The van der Waals surface area contributed by atoms with Crippen molar-refractivity contribution in [3.63, 3.8) is 0 Å². The minimum absolute atomic E-state index is 0.157. The molecule has 134 valence electrons. The van der Waals surface area contributed by atoms with E-state index in [4.69, 9.17) is 39.5 Å². The summed E-state index contributed by atoms with van der Waals surface area (Å²) < 4.78 is 0. The number of hydrogen-bond acceptors (Lipinski definition) is 8. The second-order valence-corrected chi connectivity index (χ2v) is 7.52. The Morgan fingerprint density at radius 1 is 1.04 bits per heavy atom. The molecule has 2 heterocycles. The summed E-state index contributed by atoms with van der Waals surface area (Å²) in [5.74, 6) is 0. The van der Waals surface area contributed by atoms with E-state index >= 15 is 0 Å². The average molecular weight is 428 g/mol. The molecular formula is C15H11Cl2N5O2S2. The number of nitrogens with zero attached hydrogens (tertiary/aromatic N) is 4. The van der Waals surface area contributed by atoms with Gasteiger partial charge in [-0.25, -0.2) is 4.99 Å². The lowest BCUT2D eigenvalue weighted by molar-refractivity contribution is 0.111. The Balaban J connectivity index is 0.000000273. The number of halogens is 2. The minimum Gasteiger partial charge on any atom is -0.389 e. The van der Waals surface area contributed by atoms with Crippen molar-refractivity contribution in [2.24, 2.45) is 4.99 Å². The molecule has 0 amide bonds. The molecule has 0 bridgehead atoms.